The number of amides is 3. The van der Waals surface area contributed by atoms with Gasteiger partial charge in [0.05, 0.1) is 0 Å². The zero-order chi connectivity index (χ0) is 22.2. The Morgan fingerprint density at radius 2 is 1.62 bits per heavy atom. The Bertz CT molecular complexity index is 607. The van der Waals surface area contributed by atoms with Gasteiger partial charge in [-0.2, -0.15) is 0 Å². The molecule has 0 bridgehead atoms. The van der Waals surface area contributed by atoms with Gasteiger partial charge in [0.2, 0.25) is 11.8 Å². The van der Waals surface area contributed by atoms with Gasteiger partial charge in [-0.05, 0) is 51.9 Å². The van der Waals surface area contributed by atoms with Gasteiger partial charge in [-0.1, -0.05) is 26.3 Å². The van der Waals surface area contributed by atoms with E-state index in [1.165, 1.54) is 0 Å². The zero-order valence-corrected chi connectivity index (χ0v) is 19.2. The normalized spacial score (nSPS) is 16.4. The van der Waals surface area contributed by atoms with Crippen LogP contribution in [0, 0.1) is 11.3 Å². The summed E-state index contributed by atoms with van der Waals surface area (Å²) in [4.78, 5) is 37.8. The van der Waals surface area contributed by atoms with Crippen molar-refractivity contribution < 1.29 is 19.1 Å². The Hall–Kier alpha value is -2.05. The molecule has 1 heterocycles. The molecule has 2 N–H and O–H groups in total. The van der Waals surface area contributed by atoms with E-state index in [2.05, 4.69) is 31.4 Å². The molecule has 1 saturated heterocycles. The standard InChI is InChI=1S/C22H39N3O4/c1-16(21(2,3)4)14-18(26)24-15-17-9-12-25(13-10-17)19(27)8-11-23-20(28)29-22(5,6)7/h14,17H,8-13,15H2,1-7H3,(H,23,28)(H,24,26)/b16-14+. The zero-order valence-electron chi connectivity index (χ0n) is 19.2. The average molecular weight is 410 g/mol. The summed E-state index contributed by atoms with van der Waals surface area (Å²) >= 11 is 0. The number of ether oxygens (including phenoxy) is 1. The lowest BCUT2D eigenvalue weighted by atomic mass is 9.87. The first-order valence-electron chi connectivity index (χ1n) is 10.5. The maximum Gasteiger partial charge on any atom is 0.407 e. The molecule has 0 unspecified atom stereocenters. The Morgan fingerprint density at radius 3 is 2.14 bits per heavy atom. The maximum absolute atomic E-state index is 12.3. The number of alkyl carbamates (subject to hydrolysis) is 1. The number of hydrogen-bond donors (Lipinski definition) is 2. The van der Waals surface area contributed by atoms with Crippen molar-refractivity contribution in [1.82, 2.24) is 15.5 Å². The highest BCUT2D eigenvalue weighted by Crippen LogP contribution is 2.24. The van der Waals surface area contributed by atoms with Crippen molar-refractivity contribution in [3.8, 4) is 0 Å². The number of carbonyl (C=O) groups excluding carboxylic acids is 3. The van der Waals surface area contributed by atoms with Crippen molar-refractivity contribution in [3.05, 3.63) is 11.6 Å². The Balaban J connectivity index is 2.28. The van der Waals surface area contributed by atoms with Crippen molar-refractivity contribution in [3.63, 3.8) is 0 Å². The minimum absolute atomic E-state index is 0.0125. The Labute approximate surface area is 175 Å². The van der Waals surface area contributed by atoms with Gasteiger partial charge < -0.3 is 20.3 Å². The van der Waals surface area contributed by atoms with Crippen LogP contribution in [0.2, 0.25) is 0 Å². The van der Waals surface area contributed by atoms with Crippen LogP contribution in [-0.4, -0.2) is 54.6 Å². The predicted octanol–water partition coefficient (Wildman–Crippen LogP) is 3.25. The molecule has 0 saturated carbocycles. The minimum atomic E-state index is -0.549. The van der Waals surface area contributed by atoms with Crippen LogP contribution >= 0.6 is 0 Å². The number of allylic oxidation sites excluding steroid dienone is 1. The molecule has 1 rings (SSSR count). The van der Waals surface area contributed by atoms with E-state index in [1.807, 2.05) is 11.8 Å². The molecule has 0 aliphatic carbocycles. The van der Waals surface area contributed by atoms with E-state index in [0.29, 0.717) is 25.6 Å². The minimum Gasteiger partial charge on any atom is -0.444 e. The molecule has 1 aliphatic heterocycles. The molecule has 3 amide bonds. The van der Waals surface area contributed by atoms with Crippen LogP contribution in [0.25, 0.3) is 0 Å². The highest BCUT2D eigenvalue weighted by Gasteiger charge is 2.23. The van der Waals surface area contributed by atoms with Crippen molar-refractivity contribution in [2.75, 3.05) is 26.2 Å². The smallest absolute Gasteiger partial charge is 0.407 e. The molecule has 0 radical (unpaired) electrons. The van der Waals surface area contributed by atoms with Crippen molar-refractivity contribution in [2.45, 2.75) is 73.3 Å². The van der Waals surface area contributed by atoms with Crippen LogP contribution in [-0.2, 0) is 14.3 Å². The third-order valence-electron chi connectivity index (χ3n) is 5.07. The summed E-state index contributed by atoms with van der Waals surface area (Å²) in [7, 11) is 0. The SMILES string of the molecule is C/C(=C\C(=O)NCC1CCN(C(=O)CCNC(=O)OC(C)(C)C)CC1)C(C)(C)C. The third kappa shape index (κ3) is 10.3. The second-order valence-electron chi connectivity index (χ2n) is 9.83. The topological polar surface area (TPSA) is 87.7 Å². The highest BCUT2D eigenvalue weighted by molar-refractivity contribution is 5.88. The molecule has 0 aromatic rings. The van der Waals surface area contributed by atoms with Gasteiger partial charge in [0, 0.05) is 38.7 Å². The average Bonchev–Trinajstić information content (AvgIpc) is 2.58. The number of piperidine rings is 1. The van der Waals surface area contributed by atoms with Crippen molar-refractivity contribution in [2.24, 2.45) is 11.3 Å². The number of nitrogens with zero attached hydrogens (tertiary/aromatic N) is 1. The van der Waals surface area contributed by atoms with Crippen LogP contribution in [0.4, 0.5) is 4.79 Å². The third-order valence-corrected chi connectivity index (χ3v) is 5.07. The summed E-state index contributed by atoms with van der Waals surface area (Å²) in [6, 6.07) is 0. The number of hydrogen-bond acceptors (Lipinski definition) is 4. The molecule has 7 heteroatoms. The monoisotopic (exact) mass is 409 g/mol. The van der Waals surface area contributed by atoms with E-state index in [0.717, 1.165) is 18.4 Å². The van der Waals surface area contributed by atoms with Crippen molar-refractivity contribution in [1.29, 1.82) is 0 Å². The number of carbonyl (C=O) groups is 3. The largest absolute Gasteiger partial charge is 0.444 e. The number of likely N-dealkylation sites (tertiary alicyclic amines) is 1. The van der Waals surface area contributed by atoms with E-state index in [9.17, 15) is 14.4 Å². The summed E-state index contributed by atoms with van der Waals surface area (Å²) in [6.07, 6.45) is 3.17. The summed E-state index contributed by atoms with van der Waals surface area (Å²) in [6.45, 7) is 15.9. The summed E-state index contributed by atoms with van der Waals surface area (Å²) in [5.41, 5.74) is 0.490. The van der Waals surface area contributed by atoms with Crippen LogP contribution in [0.5, 0.6) is 0 Å². The first-order valence-corrected chi connectivity index (χ1v) is 10.5. The first kappa shape index (κ1) is 25.0. The van der Waals surface area contributed by atoms with Gasteiger partial charge in [-0.3, -0.25) is 9.59 Å². The lowest BCUT2D eigenvalue weighted by molar-refractivity contribution is -0.132. The Kier molecular flexibility index (Phi) is 9.17. The van der Waals surface area contributed by atoms with Gasteiger partial charge in [-0.25, -0.2) is 4.79 Å². The Morgan fingerprint density at radius 1 is 1.03 bits per heavy atom. The second-order valence-corrected chi connectivity index (χ2v) is 9.83. The highest BCUT2D eigenvalue weighted by atomic mass is 16.6. The molecular weight excluding hydrogens is 370 g/mol. The molecule has 0 spiro atoms. The number of nitrogens with one attached hydrogen (secondary N) is 2. The fraction of sp³-hybridized carbons (Fsp3) is 0.773. The number of rotatable bonds is 6. The van der Waals surface area contributed by atoms with E-state index in [1.54, 1.807) is 26.8 Å². The lowest BCUT2D eigenvalue weighted by Crippen LogP contribution is -2.42. The molecule has 7 nitrogen and oxygen atoms in total. The van der Waals surface area contributed by atoms with Crippen molar-refractivity contribution >= 4 is 17.9 Å². The second kappa shape index (κ2) is 10.6. The van der Waals surface area contributed by atoms with Gasteiger partial charge in [0.15, 0.2) is 0 Å². The maximum atomic E-state index is 12.3. The summed E-state index contributed by atoms with van der Waals surface area (Å²) in [5.74, 6) is 0.364. The quantitative estimate of drug-likeness (QED) is 0.659. The van der Waals surface area contributed by atoms with Crippen LogP contribution in [0.15, 0.2) is 11.6 Å². The summed E-state index contributed by atoms with van der Waals surface area (Å²) < 4.78 is 5.15. The predicted molar refractivity (Wildman–Crippen MR) is 114 cm³/mol. The van der Waals surface area contributed by atoms with Crippen LogP contribution in [0.1, 0.15) is 67.7 Å². The molecule has 0 atom stereocenters. The van der Waals surface area contributed by atoms with Gasteiger partial charge in [-0.15, -0.1) is 0 Å². The first-order chi connectivity index (χ1) is 13.3. The molecular formula is C22H39N3O4. The molecule has 166 valence electrons. The lowest BCUT2D eigenvalue weighted by Gasteiger charge is -2.32. The van der Waals surface area contributed by atoms with E-state index in [-0.39, 0.29) is 30.2 Å². The van der Waals surface area contributed by atoms with E-state index >= 15 is 0 Å². The van der Waals surface area contributed by atoms with Crippen LogP contribution in [0.3, 0.4) is 0 Å². The van der Waals surface area contributed by atoms with Gasteiger partial charge >= 0.3 is 6.09 Å². The summed E-state index contributed by atoms with van der Waals surface area (Å²) in [5, 5.41) is 5.60. The molecule has 1 fully saturated rings. The molecule has 0 aromatic heterocycles. The fourth-order valence-corrected chi connectivity index (χ4v) is 2.84. The molecule has 1 aliphatic rings. The molecule has 0 aromatic carbocycles. The van der Waals surface area contributed by atoms with Gasteiger partial charge in [0.25, 0.3) is 0 Å². The fourth-order valence-electron chi connectivity index (χ4n) is 2.84. The van der Waals surface area contributed by atoms with E-state index in [4.69, 9.17) is 4.74 Å². The van der Waals surface area contributed by atoms with Crippen LogP contribution < -0.4 is 10.6 Å². The molecule has 29 heavy (non-hydrogen) atoms. The van der Waals surface area contributed by atoms with E-state index < -0.39 is 11.7 Å². The van der Waals surface area contributed by atoms with Gasteiger partial charge in [0.1, 0.15) is 5.60 Å².